The first-order chi connectivity index (χ1) is 12.6. The van der Waals surface area contributed by atoms with Gasteiger partial charge in [-0.05, 0) is 69.7 Å². The van der Waals surface area contributed by atoms with Crippen molar-refractivity contribution in [1.82, 2.24) is 9.71 Å². The molecular weight excluding hydrogens is 338 g/mol. The van der Waals surface area contributed by atoms with Gasteiger partial charge in [0.05, 0.1) is 5.69 Å². The Balaban J connectivity index is 1.63. The average Bonchev–Trinajstić information content (AvgIpc) is 2.67. The van der Waals surface area contributed by atoms with Gasteiger partial charge in [0.25, 0.3) is 0 Å². The van der Waals surface area contributed by atoms with E-state index in [-0.39, 0.29) is 5.54 Å². The van der Waals surface area contributed by atoms with Crippen LogP contribution in [-0.4, -0.2) is 22.3 Å². The van der Waals surface area contributed by atoms with Crippen LogP contribution in [0.2, 0.25) is 0 Å². The fraction of sp³-hybridized carbons (Fsp3) is 0.500. The first kappa shape index (κ1) is 19.2. The molecule has 3 rings (SSSR count). The molecule has 0 atom stereocenters. The van der Waals surface area contributed by atoms with Crippen molar-refractivity contribution in [1.29, 1.82) is 0 Å². The van der Waals surface area contributed by atoms with E-state index in [9.17, 15) is 0 Å². The van der Waals surface area contributed by atoms with Gasteiger partial charge < -0.3 is 5.32 Å². The number of benzene rings is 1. The molecule has 3 nitrogen and oxygen atoms in total. The van der Waals surface area contributed by atoms with Crippen molar-refractivity contribution in [2.24, 2.45) is 5.92 Å². The van der Waals surface area contributed by atoms with E-state index in [1.807, 2.05) is 30.3 Å². The van der Waals surface area contributed by atoms with Crippen LogP contribution in [0.15, 0.2) is 48.7 Å². The lowest BCUT2D eigenvalue weighted by molar-refractivity contribution is 0.236. The predicted molar refractivity (Wildman–Crippen MR) is 114 cm³/mol. The van der Waals surface area contributed by atoms with Crippen molar-refractivity contribution in [3.8, 4) is 11.3 Å². The van der Waals surface area contributed by atoms with Crippen LogP contribution in [0.3, 0.4) is 0 Å². The summed E-state index contributed by atoms with van der Waals surface area (Å²) in [6.07, 6.45) is 6.96. The van der Waals surface area contributed by atoms with E-state index in [2.05, 4.69) is 66.1 Å². The molecule has 2 aromatic rings. The highest BCUT2D eigenvalue weighted by molar-refractivity contribution is 7.97. The van der Waals surface area contributed by atoms with Gasteiger partial charge in [-0.25, -0.2) is 0 Å². The minimum absolute atomic E-state index is 0.0889. The Hall–Kier alpha value is -1.52. The monoisotopic (exact) mass is 369 g/mol. The van der Waals surface area contributed by atoms with Crippen LogP contribution in [0.25, 0.3) is 11.3 Å². The van der Waals surface area contributed by atoms with Gasteiger partial charge in [-0.1, -0.05) is 37.1 Å². The number of aromatic nitrogens is 1. The third-order valence-corrected chi connectivity index (χ3v) is 6.22. The summed E-state index contributed by atoms with van der Waals surface area (Å²) < 4.78 is 3.61. The smallest absolute Gasteiger partial charge is 0.0702 e. The number of hydrogen-bond donors (Lipinski definition) is 2. The highest BCUT2D eigenvalue weighted by Crippen LogP contribution is 2.35. The predicted octanol–water partition coefficient (Wildman–Crippen LogP) is 5.76. The molecule has 0 spiro atoms. The molecule has 0 bridgehead atoms. The first-order valence-electron chi connectivity index (χ1n) is 9.75. The number of pyridine rings is 1. The minimum Gasteiger partial charge on any atom is -0.380 e. The van der Waals surface area contributed by atoms with Crippen LogP contribution in [0, 0.1) is 5.92 Å². The van der Waals surface area contributed by atoms with E-state index < -0.39 is 0 Å². The molecule has 1 aliphatic rings. The zero-order chi connectivity index (χ0) is 18.4. The molecule has 1 saturated carbocycles. The van der Waals surface area contributed by atoms with Gasteiger partial charge in [0, 0.05) is 34.8 Å². The number of hydrogen-bond acceptors (Lipinski definition) is 4. The molecule has 0 amide bonds. The Morgan fingerprint density at radius 3 is 2.58 bits per heavy atom. The molecule has 4 heteroatoms. The van der Waals surface area contributed by atoms with Crippen molar-refractivity contribution in [2.45, 2.75) is 58.0 Å². The molecule has 0 aliphatic heterocycles. The summed E-state index contributed by atoms with van der Waals surface area (Å²) in [6.45, 7) is 6.90. The normalized spacial score (nSPS) is 20.7. The Morgan fingerprint density at radius 2 is 1.88 bits per heavy atom. The van der Waals surface area contributed by atoms with Crippen LogP contribution < -0.4 is 10.0 Å². The van der Waals surface area contributed by atoms with Gasteiger partial charge in [-0.3, -0.25) is 9.71 Å². The molecule has 1 aliphatic carbocycles. The maximum absolute atomic E-state index is 4.47. The van der Waals surface area contributed by atoms with Gasteiger partial charge in [-0.2, -0.15) is 0 Å². The maximum atomic E-state index is 4.47. The second-order valence-electron chi connectivity index (χ2n) is 7.74. The summed E-state index contributed by atoms with van der Waals surface area (Å²) in [5, 5.41) is 3.80. The van der Waals surface area contributed by atoms with Crippen molar-refractivity contribution in [3.05, 3.63) is 48.7 Å². The molecule has 0 radical (unpaired) electrons. The second kappa shape index (κ2) is 8.92. The molecule has 2 N–H and O–H groups in total. The topological polar surface area (TPSA) is 37.0 Å². The molecule has 0 saturated heterocycles. The minimum atomic E-state index is 0.0889. The number of nitrogens with one attached hydrogen (secondary N) is 2. The molecule has 1 aromatic carbocycles. The first-order valence-corrected chi connectivity index (χ1v) is 10.7. The zero-order valence-corrected chi connectivity index (χ0v) is 17.0. The van der Waals surface area contributed by atoms with Gasteiger partial charge in [0.1, 0.15) is 0 Å². The average molecular weight is 370 g/mol. The Bertz CT molecular complexity index is 679. The summed E-state index contributed by atoms with van der Waals surface area (Å²) >= 11 is 1.85. The van der Waals surface area contributed by atoms with Crippen LogP contribution in [0.5, 0.6) is 0 Å². The van der Waals surface area contributed by atoms with Crippen LogP contribution in [-0.2, 0) is 0 Å². The SMILES string of the molecule is CCSNC1CCC(C(C)(C)Nc2cccc(-c3ccccn3)c2)CC1. The van der Waals surface area contributed by atoms with Crippen molar-refractivity contribution in [3.63, 3.8) is 0 Å². The Labute approximate surface area is 162 Å². The molecule has 1 fully saturated rings. The molecule has 140 valence electrons. The van der Waals surface area contributed by atoms with E-state index in [1.54, 1.807) is 0 Å². The van der Waals surface area contributed by atoms with Crippen molar-refractivity contribution in [2.75, 3.05) is 11.1 Å². The Morgan fingerprint density at radius 1 is 1.08 bits per heavy atom. The summed E-state index contributed by atoms with van der Waals surface area (Å²) in [5.41, 5.74) is 3.45. The van der Waals surface area contributed by atoms with Gasteiger partial charge in [0.15, 0.2) is 0 Å². The van der Waals surface area contributed by atoms with Gasteiger partial charge >= 0.3 is 0 Å². The lowest BCUT2D eigenvalue weighted by Gasteiger charge is -2.40. The number of rotatable bonds is 7. The highest BCUT2D eigenvalue weighted by Gasteiger charge is 2.33. The summed E-state index contributed by atoms with van der Waals surface area (Å²) in [4.78, 5) is 4.47. The van der Waals surface area contributed by atoms with Crippen molar-refractivity contribution < 1.29 is 0 Å². The fourth-order valence-corrected chi connectivity index (χ4v) is 4.54. The number of anilines is 1. The largest absolute Gasteiger partial charge is 0.380 e. The van der Waals surface area contributed by atoms with E-state index in [1.165, 1.54) is 31.4 Å². The van der Waals surface area contributed by atoms with Gasteiger partial charge in [0.2, 0.25) is 0 Å². The van der Waals surface area contributed by atoms with Crippen LogP contribution >= 0.6 is 11.9 Å². The third kappa shape index (κ3) is 5.01. The second-order valence-corrected chi connectivity index (χ2v) is 8.84. The summed E-state index contributed by atoms with van der Waals surface area (Å²) in [7, 11) is 0. The number of nitrogens with zero attached hydrogens (tertiary/aromatic N) is 1. The summed E-state index contributed by atoms with van der Waals surface area (Å²) in [6, 6.07) is 15.4. The van der Waals surface area contributed by atoms with Gasteiger partial charge in [-0.15, -0.1) is 0 Å². The van der Waals surface area contributed by atoms with E-state index in [0.29, 0.717) is 12.0 Å². The van der Waals surface area contributed by atoms with E-state index >= 15 is 0 Å². The van der Waals surface area contributed by atoms with Crippen molar-refractivity contribution >= 4 is 17.6 Å². The summed E-state index contributed by atoms with van der Waals surface area (Å²) in [5.74, 6) is 1.84. The van der Waals surface area contributed by atoms with Crippen LogP contribution in [0.1, 0.15) is 46.5 Å². The third-order valence-electron chi connectivity index (χ3n) is 5.43. The maximum Gasteiger partial charge on any atom is 0.0702 e. The fourth-order valence-electron chi connectivity index (χ4n) is 3.90. The molecule has 26 heavy (non-hydrogen) atoms. The van der Waals surface area contributed by atoms with E-state index in [4.69, 9.17) is 0 Å². The van der Waals surface area contributed by atoms with E-state index in [0.717, 1.165) is 17.0 Å². The highest BCUT2D eigenvalue weighted by atomic mass is 32.2. The molecule has 1 heterocycles. The quantitative estimate of drug-likeness (QED) is 0.609. The molecule has 0 unspecified atom stereocenters. The van der Waals surface area contributed by atoms with Crippen LogP contribution in [0.4, 0.5) is 5.69 Å². The Kier molecular flexibility index (Phi) is 6.60. The molecular formula is C22H31N3S. The zero-order valence-electron chi connectivity index (χ0n) is 16.2. The lowest BCUT2D eigenvalue weighted by atomic mass is 9.75. The molecule has 1 aromatic heterocycles. The standard InChI is InChI=1S/C22H31N3S/c1-4-26-25-19-13-11-18(12-14-19)22(2,3)24-20-9-7-8-17(16-20)21-10-5-6-15-23-21/h5-10,15-16,18-19,24-25H,4,11-14H2,1-3H3. The lowest BCUT2D eigenvalue weighted by Crippen LogP contribution is -2.43.